The molecule has 0 spiro atoms. The molecule has 1 atom stereocenters. The van der Waals surface area contributed by atoms with Crippen LogP contribution in [0.1, 0.15) is 52.4 Å². The minimum Gasteiger partial charge on any atom is -0.355 e. The molecule has 0 aromatic carbocycles. The molecular formula is C14H23NO. The van der Waals surface area contributed by atoms with Crippen molar-refractivity contribution in [2.45, 2.75) is 52.4 Å². The number of amides is 1. The van der Waals surface area contributed by atoms with E-state index in [1.54, 1.807) is 0 Å². The Labute approximate surface area is 98.2 Å². The number of carbonyl (C=O) groups excluding carboxylic acids is 1. The molecule has 2 nitrogen and oxygen atoms in total. The fourth-order valence-electron chi connectivity index (χ4n) is 3.87. The first-order valence-corrected chi connectivity index (χ1v) is 6.79. The maximum atomic E-state index is 11.9. The molecule has 3 aliphatic rings. The molecular weight excluding hydrogens is 198 g/mol. The first-order chi connectivity index (χ1) is 7.51. The standard InChI is InChI=1S/C14H23NO/c1-13(2)8-11(13)12(16)15-9-14-5-3-10(7-14)4-6-14/h10-11H,3-9H2,1-2H3,(H,15,16)/t10?,11-,14?/m1/s1. The highest BCUT2D eigenvalue weighted by Crippen LogP contribution is 2.54. The summed E-state index contributed by atoms with van der Waals surface area (Å²) in [5.41, 5.74) is 0.773. The van der Waals surface area contributed by atoms with Crippen molar-refractivity contribution in [3.05, 3.63) is 0 Å². The number of rotatable bonds is 3. The van der Waals surface area contributed by atoms with E-state index in [1.807, 2.05) is 0 Å². The van der Waals surface area contributed by atoms with Gasteiger partial charge in [0.15, 0.2) is 0 Å². The van der Waals surface area contributed by atoms with E-state index in [0.29, 0.717) is 17.2 Å². The molecule has 3 saturated carbocycles. The van der Waals surface area contributed by atoms with E-state index in [-0.39, 0.29) is 5.41 Å². The van der Waals surface area contributed by atoms with Crippen LogP contribution in [0.3, 0.4) is 0 Å². The molecule has 3 aliphatic carbocycles. The van der Waals surface area contributed by atoms with Gasteiger partial charge >= 0.3 is 0 Å². The lowest BCUT2D eigenvalue weighted by Gasteiger charge is -2.26. The van der Waals surface area contributed by atoms with Crippen molar-refractivity contribution < 1.29 is 4.79 Å². The smallest absolute Gasteiger partial charge is 0.223 e. The van der Waals surface area contributed by atoms with Gasteiger partial charge in [-0.2, -0.15) is 0 Å². The van der Waals surface area contributed by atoms with Crippen LogP contribution in [0.15, 0.2) is 0 Å². The highest BCUT2D eigenvalue weighted by Gasteiger charge is 2.51. The van der Waals surface area contributed by atoms with Gasteiger partial charge in [-0.15, -0.1) is 0 Å². The molecule has 2 bridgehead atoms. The minimum atomic E-state index is 0.273. The second-order valence-corrected chi connectivity index (χ2v) is 7.11. The van der Waals surface area contributed by atoms with E-state index in [4.69, 9.17) is 0 Å². The summed E-state index contributed by atoms with van der Waals surface area (Å²) in [6, 6.07) is 0. The average molecular weight is 221 g/mol. The van der Waals surface area contributed by atoms with Crippen molar-refractivity contribution in [1.29, 1.82) is 0 Å². The lowest BCUT2D eigenvalue weighted by molar-refractivity contribution is -0.123. The molecule has 90 valence electrons. The Morgan fingerprint density at radius 3 is 2.31 bits per heavy atom. The topological polar surface area (TPSA) is 29.1 Å². The summed E-state index contributed by atoms with van der Waals surface area (Å²) >= 11 is 0. The maximum Gasteiger partial charge on any atom is 0.223 e. The van der Waals surface area contributed by atoms with Crippen molar-refractivity contribution >= 4 is 5.91 Å². The zero-order valence-electron chi connectivity index (χ0n) is 10.5. The Morgan fingerprint density at radius 1 is 1.25 bits per heavy atom. The summed E-state index contributed by atoms with van der Waals surface area (Å²) in [5.74, 6) is 1.59. The second-order valence-electron chi connectivity index (χ2n) is 7.11. The fourth-order valence-corrected chi connectivity index (χ4v) is 3.87. The van der Waals surface area contributed by atoms with E-state index >= 15 is 0 Å². The summed E-state index contributed by atoms with van der Waals surface area (Å²) in [6.45, 7) is 5.34. The van der Waals surface area contributed by atoms with Crippen molar-refractivity contribution in [3.8, 4) is 0 Å². The third kappa shape index (κ3) is 1.66. The number of hydrogen-bond donors (Lipinski definition) is 1. The van der Waals surface area contributed by atoms with Gasteiger partial charge in [0, 0.05) is 12.5 Å². The minimum absolute atomic E-state index is 0.273. The number of fused-ring (bicyclic) bond motifs is 2. The summed E-state index contributed by atoms with van der Waals surface area (Å²) in [4.78, 5) is 11.9. The molecule has 0 unspecified atom stereocenters. The number of nitrogens with one attached hydrogen (secondary N) is 1. The predicted octanol–water partition coefficient (Wildman–Crippen LogP) is 2.73. The van der Waals surface area contributed by atoms with E-state index in [1.165, 1.54) is 32.1 Å². The van der Waals surface area contributed by atoms with E-state index in [9.17, 15) is 4.79 Å². The summed E-state index contributed by atoms with van der Waals surface area (Å²) in [7, 11) is 0. The summed E-state index contributed by atoms with van der Waals surface area (Å²) < 4.78 is 0. The number of hydrogen-bond acceptors (Lipinski definition) is 1. The van der Waals surface area contributed by atoms with Crippen LogP contribution >= 0.6 is 0 Å². The van der Waals surface area contributed by atoms with Gasteiger partial charge in [0.2, 0.25) is 5.91 Å². The molecule has 3 fully saturated rings. The van der Waals surface area contributed by atoms with Crippen molar-refractivity contribution in [1.82, 2.24) is 5.32 Å². The zero-order valence-corrected chi connectivity index (χ0v) is 10.5. The van der Waals surface area contributed by atoms with Gasteiger partial charge in [-0.3, -0.25) is 4.79 Å². The molecule has 2 heteroatoms. The van der Waals surface area contributed by atoms with Gasteiger partial charge in [-0.25, -0.2) is 0 Å². The molecule has 0 aliphatic heterocycles. The van der Waals surface area contributed by atoms with Gasteiger partial charge in [0.25, 0.3) is 0 Å². The predicted molar refractivity (Wildman–Crippen MR) is 63.9 cm³/mol. The lowest BCUT2D eigenvalue weighted by atomic mass is 9.84. The molecule has 3 rings (SSSR count). The van der Waals surface area contributed by atoms with E-state index in [0.717, 1.165) is 18.9 Å². The van der Waals surface area contributed by atoms with Gasteiger partial charge in [-0.1, -0.05) is 13.8 Å². The molecule has 0 aromatic rings. The molecule has 0 aromatic heterocycles. The van der Waals surface area contributed by atoms with Crippen LogP contribution in [0.4, 0.5) is 0 Å². The Hall–Kier alpha value is -0.530. The van der Waals surface area contributed by atoms with Crippen LogP contribution in [0.2, 0.25) is 0 Å². The van der Waals surface area contributed by atoms with Gasteiger partial charge in [0.05, 0.1) is 0 Å². The Balaban J connectivity index is 1.52. The summed E-state index contributed by atoms with van der Waals surface area (Å²) in [5, 5.41) is 3.22. The first-order valence-electron chi connectivity index (χ1n) is 6.79. The quantitative estimate of drug-likeness (QED) is 0.780. The third-order valence-electron chi connectivity index (χ3n) is 5.36. The van der Waals surface area contributed by atoms with Gasteiger partial charge < -0.3 is 5.32 Å². The molecule has 16 heavy (non-hydrogen) atoms. The average Bonchev–Trinajstić information content (AvgIpc) is 2.68. The molecule has 1 N–H and O–H groups in total. The maximum absolute atomic E-state index is 11.9. The van der Waals surface area contributed by atoms with Crippen molar-refractivity contribution in [2.75, 3.05) is 6.54 Å². The summed E-state index contributed by atoms with van der Waals surface area (Å²) in [6.07, 6.45) is 7.98. The molecule has 0 heterocycles. The number of carbonyl (C=O) groups is 1. The Morgan fingerprint density at radius 2 is 1.88 bits per heavy atom. The monoisotopic (exact) mass is 221 g/mol. The van der Waals surface area contributed by atoms with Crippen LogP contribution < -0.4 is 5.32 Å². The second kappa shape index (κ2) is 3.24. The van der Waals surface area contributed by atoms with Gasteiger partial charge in [0.1, 0.15) is 0 Å². The molecule has 1 amide bonds. The Kier molecular flexibility index (Phi) is 2.15. The van der Waals surface area contributed by atoms with Crippen LogP contribution in [0.25, 0.3) is 0 Å². The van der Waals surface area contributed by atoms with E-state index in [2.05, 4.69) is 19.2 Å². The normalized spacial score (nSPS) is 43.4. The largest absolute Gasteiger partial charge is 0.355 e. The fraction of sp³-hybridized carbons (Fsp3) is 0.929. The first kappa shape index (κ1) is 10.6. The SMILES string of the molecule is CC1(C)C[C@@H]1C(=O)NCC12CCC(CC1)C2. The van der Waals surface area contributed by atoms with Crippen LogP contribution in [-0.2, 0) is 4.79 Å². The van der Waals surface area contributed by atoms with E-state index < -0.39 is 0 Å². The lowest BCUT2D eigenvalue weighted by Crippen LogP contribution is -2.36. The zero-order chi connectivity index (χ0) is 11.4. The van der Waals surface area contributed by atoms with Crippen LogP contribution in [-0.4, -0.2) is 12.5 Å². The Bertz CT molecular complexity index is 313. The molecule has 0 saturated heterocycles. The van der Waals surface area contributed by atoms with Crippen LogP contribution in [0, 0.1) is 22.7 Å². The highest BCUT2D eigenvalue weighted by molar-refractivity contribution is 5.82. The third-order valence-corrected chi connectivity index (χ3v) is 5.36. The van der Waals surface area contributed by atoms with Crippen LogP contribution in [0.5, 0.6) is 0 Å². The van der Waals surface area contributed by atoms with Crippen molar-refractivity contribution in [2.24, 2.45) is 22.7 Å². The highest BCUT2D eigenvalue weighted by atomic mass is 16.2. The van der Waals surface area contributed by atoms with Crippen molar-refractivity contribution in [3.63, 3.8) is 0 Å². The molecule has 0 radical (unpaired) electrons. The van der Waals surface area contributed by atoms with Gasteiger partial charge in [-0.05, 0) is 55.3 Å².